The minimum absolute atomic E-state index is 0.190. The lowest BCUT2D eigenvalue weighted by Crippen LogP contribution is -2.47. The van der Waals surface area contributed by atoms with Gasteiger partial charge >= 0.3 is 0 Å². The second-order valence-electron chi connectivity index (χ2n) is 5.55. The summed E-state index contributed by atoms with van der Waals surface area (Å²) in [5, 5.41) is 3.73. The van der Waals surface area contributed by atoms with Crippen LogP contribution in [0.1, 0.15) is 18.4 Å². The highest BCUT2D eigenvalue weighted by Gasteiger charge is 2.32. The first-order chi connectivity index (χ1) is 9.74. The van der Waals surface area contributed by atoms with Gasteiger partial charge in [-0.3, -0.25) is 4.90 Å². The maximum atomic E-state index is 13.6. The quantitative estimate of drug-likeness (QED) is 0.903. The monoisotopic (exact) mass is 298 g/mol. The molecule has 0 unspecified atom stereocenters. The predicted molar refractivity (Wildman–Crippen MR) is 77.5 cm³/mol. The average molecular weight is 299 g/mol. The Bertz CT molecular complexity index is 447. The third-order valence-corrected chi connectivity index (χ3v) is 4.32. The highest BCUT2D eigenvalue weighted by molar-refractivity contribution is 6.31. The Balaban J connectivity index is 1.47. The molecule has 0 spiro atoms. The molecule has 3 rings (SSSR count). The molecule has 1 saturated carbocycles. The molecule has 20 heavy (non-hydrogen) atoms. The maximum absolute atomic E-state index is 13.6. The van der Waals surface area contributed by atoms with Gasteiger partial charge in [-0.1, -0.05) is 17.7 Å². The first-order valence-corrected chi connectivity index (χ1v) is 7.61. The van der Waals surface area contributed by atoms with Crippen molar-refractivity contribution in [2.75, 3.05) is 26.2 Å². The van der Waals surface area contributed by atoms with Gasteiger partial charge in [0, 0.05) is 42.8 Å². The van der Waals surface area contributed by atoms with Gasteiger partial charge in [0.2, 0.25) is 0 Å². The van der Waals surface area contributed by atoms with Gasteiger partial charge in [0.25, 0.3) is 0 Å². The van der Waals surface area contributed by atoms with Gasteiger partial charge in [-0.15, -0.1) is 0 Å². The summed E-state index contributed by atoms with van der Waals surface area (Å²) in [6.07, 6.45) is 2.84. The van der Waals surface area contributed by atoms with E-state index in [1.165, 1.54) is 18.9 Å². The summed E-state index contributed by atoms with van der Waals surface area (Å²) in [7, 11) is 0. The van der Waals surface area contributed by atoms with E-state index in [4.69, 9.17) is 16.3 Å². The molecule has 1 aliphatic heterocycles. The van der Waals surface area contributed by atoms with Crippen molar-refractivity contribution in [2.24, 2.45) is 0 Å². The van der Waals surface area contributed by atoms with Crippen LogP contribution in [0.25, 0.3) is 0 Å². The molecule has 2 aliphatic rings. The lowest BCUT2D eigenvalue weighted by molar-refractivity contribution is -0.0301. The Hall–Kier alpha value is -0.680. The fourth-order valence-electron chi connectivity index (χ4n) is 2.70. The Labute approximate surface area is 124 Å². The number of hydrogen-bond acceptors (Lipinski definition) is 3. The highest BCUT2D eigenvalue weighted by atomic mass is 35.5. The molecule has 3 nitrogen and oxygen atoms in total. The summed E-state index contributed by atoms with van der Waals surface area (Å²) < 4.78 is 19.4. The van der Waals surface area contributed by atoms with Crippen molar-refractivity contribution in [3.63, 3.8) is 0 Å². The van der Waals surface area contributed by atoms with Crippen molar-refractivity contribution < 1.29 is 9.13 Å². The fourth-order valence-corrected chi connectivity index (χ4v) is 2.93. The first kappa shape index (κ1) is 14.3. The number of nitrogens with one attached hydrogen (secondary N) is 1. The van der Waals surface area contributed by atoms with Crippen LogP contribution >= 0.6 is 11.6 Å². The van der Waals surface area contributed by atoms with Crippen molar-refractivity contribution >= 4 is 11.6 Å². The molecule has 5 heteroatoms. The molecule has 110 valence electrons. The molecule has 0 amide bonds. The van der Waals surface area contributed by atoms with E-state index in [9.17, 15) is 4.39 Å². The molecule has 0 radical (unpaired) electrons. The SMILES string of the molecule is Fc1cccc(Cl)c1CNC[C@H]1CN(C2CC2)CCO1. The first-order valence-electron chi connectivity index (χ1n) is 7.23. The molecule has 1 heterocycles. The van der Waals surface area contributed by atoms with Crippen molar-refractivity contribution in [2.45, 2.75) is 31.5 Å². The van der Waals surface area contributed by atoms with Crippen LogP contribution in [0, 0.1) is 5.82 Å². The second-order valence-corrected chi connectivity index (χ2v) is 5.96. The fraction of sp³-hybridized carbons (Fsp3) is 0.600. The van der Waals surface area contributed by atoms with E-state index in [-0.39, 0.29) is 11.9 Å². The van der Waals surface area contributed by atoms with E-state index < -0.39 is 0 Å². The van der Waals surface area contributed by atoms with Crippen LogP contribution in [0.15, 0.2) is 18.2 Å². The van der Waals surface area contributed by atoms with Gasteiger partial charge in [-0.05, 0) is 25.0 Å². The average Bonchev–Trinajstić information content (AvgIpc) is 3.27. The Morgan fingerprint density at radius 2 is 2.25 bits per heavy atom. The topological polar surface area (TPSA) is 24.5 Å². The van der Waals surface area contributed by atoms with Gasteiger partial charge in [0.05, 0.1) is 12.7 Å². The van der Waals surface area contributed by atoms with E-state index in [0.717, 1.165) is 32.3 Å². The second kappa shape index (κ2) is 6.39. The minimum Gasteiger partial charge on any atom is -0.374 e. The lowest BCUT2D eigenvalue weighted by atomic mass is 10.2. The molecule has 0 aromatic heterocycles. The van der Waals surface area contributed by atoms with E-state index in [1.54, 1.807) is 12.1 Å². The molecule has 1 N–H and O–H groups in total. The minimum atomic E-state index is -0.255. The van der Waals surface area contributed by atoms with Crippen LogP contribution in [-0.4, -0.2) is 43.3 Å². The predicted octanol–water partition coefficient (Wildman–Crippen LogP) is 2.43. The van der Waals surface area contributed by atoms with Crippen LogP contribution in [0.5, 0.6) is 0 Å². The molecular weight excluding hydrogens is 279 g/mol. The molecule has 1 aliphatic carbocycles. The highest BCUT2D eigenvalue weighted by Crippen LogP contribution is 2.28. The van der Waals surface area contributed by atoms with Crippen LogP contribution in [-0.2, 0) is 11.3 Å². The van der Waals surface area contributed by atoms with E-state index in [0.29, 0.717) is 17.1 Å². The van der Waals surface area contributed by atoms with Crippen molar-refractivity contribution in [3.05, 3.63) is 34.6 Å². The zero-order valence-electron chi connectivity index (χ0n) is 11.4. The largest absolute Gasteiger partial charge is 0.374 e. The Morgan fingerprint density at radius 1 is 1.40 bits per heavy atom. The van der Waals surface area contributed by atoms with Crippen LogP contribution < -0.4 is 5.32 Å². The number of ether oxygens (including phenoxy) is 1. The summed E-state index contributed by atoms with van der Waals surface area (Å²) in [4.78, 5) is 2.51. The van der Waals surface area contributed by atoms with Crippen LogP contribution in [0.2, 0.25) is 5.02 Å². The van der Waals surface area contributed by atoms with Crippen LogP contribution in [0.3, 0.4) is 0 Å². The number of halogens is 2. The summed E-state index contributed by atoms with van der Waals surface area (Å²) in [5.74, 6) is -0.255. The zero-order valence-corrected chi connectivity index (χ0v) is 12.2. The summed E-state index contributed by atoms with van der Waals surface area (Å²) in [6.45, 7) is 3.98. The van der Waals surface area contributed by atoms with Gasteiger partial charge in [-0.2, -0.15) is 0 Å². The lowest BCUT2D eigenvalue weighted by Gasteiger charge is -2.33. The number of morpholine rings is 1. The van der Waals surface area contributed by atoms with Crippen molar-refractivity contribution in [1.82, 2.24) is 10.2 Å². The smallest absolute Gasteiger partial charge is 0.129 e. The van der Waals surface area contributed by atoms with E-state index in [2.05, 4.69) is 10.2 Å². The van der Waals surface area contributed by atoms with Gasteiger partial charge in [0.1, 0.15) is 5.82 Å². The number of nitrogens with zero attached hydrogens (tertiary/aromatic N) is 1. The maximum Gasteiger partial charge on any atom is 0.129 e. The standard InChI is InChI=1S/C15H20ClFN2O/c16-14-2-1-3-15(17)13(14)9-18-8-12-10-19(6-7-20-12)11-4-5-11/h1-3,11-12,18H,4-10H2/t12-/m0/s1. The third-order valence-electron chi connectivity index (χ3n) is 3.97. The molecule has 1 atom stereocenters. The summed E-state index contributed by atoms with van der Waals surface area (Å²) in [5.41, 5.74) is 0.532. The van der Waals surface area contributed by atoms with Gasteiger partial charge < -0.3 is 10.1 Å². The van der Waals surface area contributed by atoms with E-state index in [1.807, 2.05) is 0 Å². The molecule has 2 fully saturated rings. The molecular formula is C15H20ClFN2O. The number of hydrogen-bond donors (Lipinski definition) is 1. The van der Waals surface area contributed by atoms with Gasteiger partial charge in [0.15, 0.2) is 0 Å². The number of benzene rings is 1. The Kier molecular flexibility index (Phi) is 4.56. The molecule has 1 aromatic rings. The Morgan fingerprint density at radius 3 is 3.00 bits per heavy atom. The normalized spacial score (nSPS) is 24.0. The van der Waals surface area contributed by atoms with Crippen LogP contribution in [0.4, 0.5) is 4.39 Å². The molecule has 1 aromatic carbocycles. The molecule has 1 saturated heterocycles. The van der Waals surface area contributed by atoms with Crippen molar-refractivity contribution in [1.29, 1.82) is 0 Å². The third kappa shape index (κ3) is 3.50. The summed E-state index contributed by atoms with van der Waals surface area (Å²) in [6, 6.07) is 5.56. The molecule has 0 bridgehead atoms. The van der Waals surface area contributed by atoms with Crippen molar-refractivity contribution in [3.8, 4) is 0 Å². The van der Waals surface area contributed by atoms with E-state index >= 15 is 0 Å². The zero-order chi connectivity index (χ0) is 13.9. The van der Waals surface area contributed by atoms with Gasteiger partial charge in [-0.25, -0.2) is 4.39 Å². The number of rotatable bonds is 5. The summed E-state index contributed by atoms with van der Waals surface area (Å²) >= 11 is 6.00.